The molecule has 9 heteroatoms. The number of methoxy groups -OCH3 is 1. The number of carbonyl (C=O) groups excluding carboxylic acids is 1. The highest BCUT2D eigenvalue weighted by molar-refractivity contribution is 7.89. The maximum Gasteiger partial charge on any atom is 0.243 e. The Kier molecular flexibility index (Phi) is 5.58. The Bertz CT molecular complexity index is 804. The molecule has 0 bridgehead atoms. The number of hydrogen-bond acceptors (Lipinski definition) is 4. The smallest absolute Gasteiger partial charge is 0.243 e. The zero-order chi connectivity index (χ0) is 19.1. The van der Waals surface area contributed by atoms with Crippen molar-refractivity contribution in [1.82, 2.24) is 9.62 Å². The number of fused-ring (bicyclic) bond motifs is 1. The zero-order valence-corrected chi connectivity index (χ0v) is 16.2. The summed E-state index contributed by atoms with van der Waals surface area (Å²) in [4.78, 5) is 11.4. The van der Waals surface area contributed by atoms with E-state index in [9.17, 15) is 17.6 Å². The lowest BCUT2D eigenvalue weighted by Gasteiger charge is -2.37. The molecule has 1 amide bonds. The van der Waals surface area contributed by atoms with Crippen molar-refractivity contribution >= 4 is 27.5 Å². The minimum atomic E-state index is -3.75. The molecule has 1 aromatic rings. The van der Waals surface area contributed by atoms with Gasteiger partial charge in [-0.15, -0.1) is 0 Å². The van der Waals surface area contributed by atoms with Crippen LogP contribution >= 0.6 is 11.6 Å². The Morgan fingerprint density at radius 2 is 1.96 bits per heavy atom. The van der Waals surface area contributed by atoms with Crippen molar-refractivity contribution in [1.29, 1.82) is 0 Å². The monoisotopic (exact) mass is 404 g/mol. The molecule has 0 aromatic heterocycles. The van der Waals surface area contributed by atoms with Crippen LogP contribution in [0.3, 0.4) is 0 Å². The van der Waals surface area contributed by atoms with Crippen molar-refractivity contribution < 1.29 is 22.3 Å². The van der Waals surface area contributed by atoms with Crippen LogP contribution in [0.25, 0.3) is 0 Å². The molecule has 1 N–H and O–H groups in total. The standard InChI is InChI=1S/C17H22ClFN2O4S/c1-10(22)20-16-5-11-8-21(9-12(11)6-17(16)25-2)26(23,24)13-3-4-15(19)14(18)7-13/h3-4,7,11-12,16-17H,5-6,8-9H2,1-2H3,(H,20,22)/t11-,12+,16-,17-/m1/s1. The lowest BCUT2D eigenvalue weighted by molar-refractivity contribution is -0.121. The topological polar surface area (TPSA) is 75.7 Å². The number of amides is 1. The molecule has 3 rings (SSSR count). The van der Waals surface area contributed by atoms with Crippen LogP contribution in [-0.2, 0) is 19.6 Å². The van der Waals surface area contributed by atoms with Gasteiger partial charge in [0.1, 0.15) is 5.82 Å². The highest BCUT2D eigenvalue weighted by Gasteiger charge is 2.46. The second-order valence-electron chi connectivity index (χ2n) is 6.97. The summed E-state index contributed by atoms with van der Waals surface area (Å²) in [6, 6.07) is 3.32. The summed E-state index contributed by atoms with van der Waals surface area (Å²) in [7, 11) is -2.15. The van der Waals surface area contributed by atoms with Gasteiger partial charge in [0.25, 0.3) is 0 Å². The maximum atomic E-state index is 13.3. The predicted molar refractivity (Wildman–Crippen MR) is 94.8 cm³/mol. The van der Waals surface area contributed by atoms with Gasteiger partial charge < -0.3 is 10.1 Å². The molecule has 0 spiro atoms. The Morgan fingerprint density at radius 1 is 1.31 bits per heavy atom. The molecule has 1 saturated carbocycles. The number of nitrogens with zero attached hydrogens (tertiary/aromatic N) is 1. The number of ether oxygens (including phenoxy) is 1. The van der Waals surface area contributed by atoms with Crippen LogP contribution in [-0.4, -0.2) is 51.0 Å². The average molecular weight is 405 g/mol. The predicted octanol–water partition coefficient (Wildman–Crippen LogP) is 2.03. The molecule has 4 atom stereocenters. The van der Waals surface area contributed by atoms with Gasteiger partial charge >= 0.3 is 0 Å². The molecule has 144 valence electrons. The molecule has 1 heterocycles. The Hall–Kier alpha value is -1.22. The van der Waals surface area contributed by atoms with Crippen molar-refractivity contribution in [2.24, 2.45) is 11.8 Å². The summed E-state index contributed by atoms with van der Waals surface area (Å²) < 4.78 is 46.1. The van der Waals surface area contributed by atoms with Crippen LogP contribution in [0.4, 0.5) is 4.39 Å². The Morgan fingerprint density at radius 3 is 2.54 bits per heavy atom. The SMILES string of the molecule is CO[C@@H]1C[C@H]2CN(S(=O)(=O)c3ccc(F)c(Cl)c3)C[C@H]2C[C@H]1NC(C)=O. The highest BCUT2D eigenvalue weighted by Crippen LogP contribution is 2.39. The normalized spacial score (nSPS) is 29.4. The number of benzene rings is 1. The summed E-state index contributed by atoms with van der Waals surface area (Å²) in [5.74, 6) is -0.472. The lowest BCUT2D eigenvalue weighted by atomic mass is 9.77. The van der Waals surface area contributed by atoms with E-state index in [0.717, 1.165) is 12.1 Å². The van der Waals surface area contributed by atoms with E-state index in [4.69, 9.17) is 16.3 Å². The number of sulfonamides is 1. The van der Waals surface area contributed by atoms with Gasteiger partial charge in [0.15, 0.2) is 0 Å². The number of halogens is 2. The van der Waals surface area contributed by atoms with Crippen LogP contribution < -0.4 is 5.32 Å². The second-order valence-corrected chi connectivity index (χ2v) is 9.32. The van der Waals surface area contributed by atoms with Gasteiger partial charge in [-0.2, -0.15) is 4.31 Å². The first kappa shape index (κ1) is 19.5. The summed E-state index contributed by atoms with van der Waals surface area (Å²) in [6.07, 6.45) is 1.21. The lowest BCUT2D eigenvalue weighted by Crippen LogP contribution is -2.49. The molecule has 1 aliphatic heterocycles. The molecule has 0 unspecified atom stereocenters. The van der Waals surface area contributed by atoms with E-state index in [1.807, 2.05) is 0 Å². The third kappa shape index (κ3) is 3.74. The fraction of sp³-hybridized carbons (Fsp3) is 0.588. The highest BCUT2D eigenvalue weighted by atomic mass is 35.5. The van der Waals surface area contributed by atoms with Crippen molar-refractivity contribution in [3.8, 4) is 0 Å². The summed E-state index contributed by atoms with van der Waals surface area (Å²) in [5, 5.41) is 2.69. The van der Waals surface area contributed by atoms with Gasteiger partial charge in [0, 0.05) is 27.1 Å². The van der Waals surface area contributed by atoms with Crippen molar-refractivity contribution in [2.75, 3.05) is 20.2 Å². The van der Waals surface area contributed by atoms with Crippen LogP contribution in [0.2, 0.25) is 5.02 Å². The third-order valence-corrected chi connectivity index (χ3v) is 7.42. The molecular formula is C17H22ClFN2O4S. The van der Waals surface area contributed by atoms with Gasteiger partial charge in [-0.05, 0) is 42.9 Å². The Balaban J connectivity index is 1.78. The maximum absolute atomic E-state index is 13.3. The van der Waals surface area contributed by atoms with Gasteiger partial charge in [0.2, 0.25) is 15.9 Å². The molecule has 6 nitrogen and oxygen atoms in total. The first-order valence-electron chi connectivity index (χ1n) is 8.47. The van der Waals surface area contributed by atoms with Crippen molar-refractivity contribution in [2.45, 2.75) is 36.8 Å². The van der Waals surface area contributed by atoms with E-state index >= 15 is 0 Å². The van der Waals surface area contributed by atoms with Crippen LogP contribution in [0.5, 0.6) is 0 Å². The molecule has 2 aliphatic rings. The molecule has 2 fully saturated rings. The van der Waals surface area contributed by atoms with Crippen LogP contribution in [0.15, 0.2) is 23.1 Å². The number of rotatable bonds is 4. The molecule has 1 aliphatic carbocycles. The largest absolute Gasteiger partial charge is 0.379 e. The quantitative estimate of drug-likeness (QED) is 0.833. The third-order valence-electron chi connectivity index (χ3n) is 5.30. The fourth-order valence-corrected chi connectivity index (χ4v) is 5.85. The minimum absolute atomic E-state index is 0.00995. The van der Waals surface area contributed by atoms with Gasteiger partial charge in [-0.25, -0.2) is 12.8 Å². The molecule has 1 saturated heterocycles. The summed E-state index contributed by atoms with van der Waals surface area (Å²) in [5.41, 5.74) is 0. The first-order valence-corrected chi connectivity index (χ1v) is 10.3. The number of carbonyl (C=O) groups is 1. The molecule has 26 heavy (non-hydrogen) atoms. The van der Waals surface area contributed by atoms with E-state index < -0.39 is 15.8 Å². The van der Waals surface area contributed by atoms with E-state index in [2.05, 4.69) is 5.32 Å². The van der Waals surface area contributed by atoms with E-state index in [-0.39, 0.29) is 39.8 Å². The van der Waals surface area contributed by atoms with Crippen molar-refractivity contribution in [3.63, 3.8) is 0 Å². The molecule has 1 aromatic carbocycles. The minimum Gasteiger partial charge on any atom is -0.379 e. The van der Waals surface area contributed by atoms with Gasteiger partial charge in [0.05, 0.1) is 22.1 Å². The molecule has 0 radical (unpaired) electrons. The summed E-state index contributed by atoms with van der Waals surface area (Å²) in [6.45, 7) is 2.21. The van der Waals surface area contributed by atoms with E-state index in [1.54, 1.807) is 7.11 Å². The molecular weight excluding hydrogens is 383 g/mol. The van der Waals surface area contributed by atoms with Gasteiger partial charge in [-0.3, -0.25) is 4.79 Å². The summed E-state index contributed by atoms with van der Waals surface area (Å²) >= 11 is 5.74. The Labute approximate surface area is 157 Å². The first-order chi connectivity index (χ1) is 12.2. The van der Waals surface area contributed by atoms with E-state index in [0.29, 0.717) is 25.9 Å². The zero-order valence-electron chi connectivity index (χ0n) is 14.6. The average Bonchev–Trinajstić information content (AvgIpc) is 2.99. The van der Waals surface area contributed by atoms with E-state index in [1.165, 1.54) is 17.3 Å². The van der Waals surface area contributed by atoms with Crippen LogP contribution in [0.1, 0.15) is 19.8 Å². The number of hydrogen-bond donors (Lipinski definition) is 1. The van der Waals surface area contributed by atoms with Crippen molar-refractivity contribution in [3.05, 3.63) is 29.0 Å². The van der Waals surface area contributed by atoms with Gasteiger partial charge in [-0.1, -0.05) is 11.6 Å². The van der Waals surface area contributed by atoms with Crippen LogP contribution in [0, 0.1) is 17.7 Å². The second kappa shape index (κ2) is 7.42. The fourth-order valence-electron chi connectivity index (χ4n) is 4.03. The number of nitrogens with one attached hydrogen (secondary N) is 1.